The van der Waals surface area contributed by atoms with Crippen LogP contribution >= 0.6 is 0 Å². The van der Waals surface area contributed by atoms with Crippen molar-refractivity contribution in [3.05, 3.63) is 86.1 Å². The average Bonchev–Trinajstić information content (AvgIpc) is 2.69. The van der Waals surface area contributed by atoms with E-state index in [1.807, 2.05) is 0 Å². The van der Waals surface area contributed by atoms with Gasteiger partial charge in [-0.3, -0.25) is 14.8 Å². The molecule has 0 bridgehead atoms. The molecule has 0 saturated heterocycles. The molecule has 0 fully saturated rings. The van der Waals surface area contributed by atoms with Crippen LogP contribution in [0.25, 0.3) is 5.69 Å². The summed E-state index contributed by atoms with van der Waals surface area (Å²) in [5, 5.41) is 10.6. The molecular weight excluding hydrogens is 374 g/mol. The molecule has 0 amide bonds. The van der Waals surface area contributed by atoms with Gasteiger partial charge >= 0.3 is 11.7 Å². The van der Waals surface area contributed by atoms with Gasteiger partial charge in [-0.1, -0.05) is 24.3 Å². The van der Waals surface area contributed by atoms with Gasteiger partial charge in [0.05, 0.1) is 23.5 Å². The Labute approximate surface area is 165 Å². The van der Waals surface area contributed by atoms with E-state index in [0.29, 0.717) is 16.9 Å². The number of carbonyl (C=O) groups is 1. The van der Waals surface area contributed by atoms with E-state index in [4.69, 9.17) is 4.74 Å². The lowest BCUT2D eigenvalue weighted by Crippen LogP contribution is -2.31. The molecule has 1 aromatic heterocycles. The number of nitrogens with one attached hydrogen (secondary N) is 1. The molecule has 1 heterocycles. The molecule has 29 heavy (non-hydrogen) atoms. The molecule has 3 aromatic rings. The first-order chi connectivity index (χ1) is 13.9. The van der Waals surface area contributed by atoms with Crippen molar-refractivity contribution in [3.8, 4) is 11.6 Å². The van der Waals surface area contributed by atoms with Gasteiger partial charge in [-0.25, -0.2) is 14.2 Å². The second-order valence-electron chi connectivity index (χ2n) is 6.15. The standard InChI is InChI=1S/C21H19N3O5/c1-3-29-20(27)14-8-6-9-15(11-14)22-12-16-18(25)23-21(28)24(19(16)26)17-10-5-4-7-13(17)2/h4-12,26H,3H2,1-2H3,(H,23,25,28). The molecule has 0 radical (unpaired) electrons. The Morgan fingerprint density at radius 2 is 1.97 bits per heavy atom. The monoisotopic (exact) mass is 393 g/mol. The highest BCUT2D eigenvalue weighted by Gasteiger charge is 2.15. The zero-order chi connectivity index (χ0) is 21.0. The highest BCUT2D eigenvalue weighted by atomic mass is 16.5. The lowest BCUT2D eigenvalue weighted by molar-refractivity contribution is 0.0526. The quantitative estimate of drug-likeness (QED) is 0.511. The Balaban J connectivity index is 2.05. The third-order valence-electron chi connectivity index (χ3n) is 4.18. The van der Waals surface area contributed by atoms with E-state index in [9.17, 15) is 19.5 Å². The van der Waals surface area contributed by atoms with Crippen molar-refractivity contribution >= 4 is 17.9 Å². The Bertz CT molecular complexity index is 1210. The van der Waals surface area contributed by atoms with Crippen molar-refractivity contribution in [2.24, 2.45) is 4.99 Å². The van der Waals surface area contributed by atoms with Crippen LogP contribution in [0.4, 0.5) is 5.69 Å². The summed E-state index contributed by atoms with van der Waals surface area (Å²) in [6.07, 6.45) is 1.15. The molecular formula is C21H19N3O5. The van der Waals surface area contributed by atoms with Gasteiger partial charge in [-0.05, 0) is 43.7 Å². The summed E-state index contributed by atoms with van der Waals surface area (Å²) < 4.78 is 5.96. The van der Waals surface area contributed by atoms with Crippen LogP contribution in [0.15, 0.2) is 63.1 Å². The van der Waals surface area contributed by atoms with Gasteiger partial charge in [0.15, 0.2) is 0 Å². The number of esters is 1. The number of para-hydroxylation sites is 1. The molecule has 8 heteroatoms. The van der Waals surface area contributed by atoms with Crippen molar-refractivity contribution in [1.82, 2.24) is 9.55 Å². The summed E-state index contributed by atoms with van der Waals surface area (Å²) >= 11 is 0. The van der Waals surface area contributed by atoms with Crippen LogP contribution in [0.3, 0.4) is 0 Å². The number of ether oxygens (including phenoxy) is 1. The van der Waals surface area contributed by atoms with E-state index in [1.165, 1.54) is 6.07 Å². The highest BCUT2D eigenvalue weighted by Crippen LogP contribution is 2.20. The number of hydrogen-bond donors (Lipinski definition) is 2. The molecule has 3 rings (SSSR count). The van der Waals surface area contributed by atoms with Crippen molar-refractivity contribution in [2.75, 3.05) is 6.61 Å². The first kappa shape index (κ1) is 19.8. The Hall–Kier alpha value is -3.94. The molecule has 0 saturated carbocycles. The highest BCUT2D eigenvalue weighted by molar-refractivity contribution is 5.91. The number of carbonyl (C=O) groups excluding carboxylic acids is 1. The molecule has 0 spiro atoms. The number of aromatic nitrogens is 2. The van der Waals surface area contributed by atoms with Crippen molar-refractivity contribution < 1.29 is 14.6 Å². The van der Waals surface area contributed by atoms with Gasteiger partial charge in [0.25, 0.3) is 5.56 Å². The van der Waals surface area contributed by atoms with Crippen LogP contribution in [-0.2, 0) is 4.74 Å². The van der Waals surface area contributed by atoms with E-state index in [-0.39, 0.29) is 12.2 Å². The molecule has 0 aliphatic heterocycles. The van der Waals surface area contributed by atoms with Crippen LogP contribution in [0.1, 0.15) is 28.4 Å². The van der Waals surface area contributed by atoms with Gasteiger partial charge < -0.3 is 9.84 Å². The van der Waals surface area contributed by atoms with Crippen molar-refractivity contribution in [3.63, 3.8) is 0 Å². The number of nitrogens with zero attached hydrogens (tertiary/aromatic N) is 2. The Morgan fingerprint density at radius 1 is 1.21 bits per heavy atom. The van der Waals surface area contributed by atoms with E-state index < -0.39 is 23.1 Å². The zero-order valence-corrected chi connectivity index (χ0v) is 15.9. The molecule has 2 aromatic carbocycles. The number of H-pyrrole nitrogens is 1. The predicted octanol–water partition coefficient (Wildman–Crippen LogP) is 2.47. The largest absolute Gasteiger partial charge is 0.493 e. The molecule has 2 N–H and O–H groups in total. The maximum Gasteiger partial charge on any atom is 0.338 e. The topological polar surface area (TPSA) is 114 Å². The zero-order valence-electron chi connectivity index (χ0n) is 15.9. The third-order valence-corrected chi connectivity index (χ3v) is 4.18. The fraction of sp³-hybridized carbons (Fsp3) is 0.143. The van der Waals surface area contributed by atoms with E-state index >= 15 is 0 Å². The first-order valence-corrected chi connectivity index (χ1v) is 8.88. The summed E-state index contributed by atoms with van der Waals surface area (Å²) in [6.45, 7) is 3.73. The van der Waals surface area contributed by atoms with Gasteiger partial charge in [-0.15, -0.1) is 0 Å². The minimum Gasteiger partial charge on any atom is -0.493 e. The number of aromatic amines is 1. The minimum absolute atomic E-state index is 0.186. The van der Waals surface area contributed by atoms with Gasteiger partial charge in [0.1, 0.15) is 5.56 Å². The smallest absolute Gasteiger partial charge is 0.338 e. The molecule has 0 atom stereocenters. The molecule has 0 aliphatic rings. The van der Waals surface area contributed by atoms with Crippen molar-refractivity contribution in [1.29, 1.82) is 0 Å². The lowest BCUT2D eigenvalue weighted by Gasteiger charge is -2.11. The molecule has 0 unspecified atom stereocenters. The maximum absolute atomic E-state index is 12.3. The minimum atomic E-state index is -0.775. The maximum atomic E-state index is 12.3. The summed E-state index contributed by atoms with van der Waals surface area (Å²) in [6, 6.07) is 13.3. The van der Waals surface area contributed by atoms with Crippen LogP contribution in [-0.4, -0.2) is 33.4 Å². The summed E-state index contributed by atoms with van der Waals surface area (Å²) in [7, 11) is 0. The first-order valence-electron chi connectivity index (χ1n) is 8.88. The van der Waals surface area contributed by atoms with Crippen LogP contribution in [0.2, 0.25) is 0 Å². The number of benzene rings is 2. The summed E-state index contributed by atoms with van der Waals surface area (Å²) in [5.74, 6) is -1.02. The number of hydrogen-bond acceptors (Lipinski definition) is 6. The molecule has 8 nitrogen and oxygen atoms in total. The second-order valence-corrected chi connectivity index (χ2v) is 6.15. The number of aliphatic imine (C=N–C) groups is 1. The van der Waals surface area contributed by atoms with Crippen LogP contribution < -0.4 is 11.2 Å². The molecule has 148 valence electrons. The normalized spacial score (nSPS) is 11.0. The Kier molecular flexibility index (Phi) is 5.73. The van der Waals surface area contributed by atoms with Crippen LogP contribution in [0.5, 0.6) is 5.88 Å². The van der Waals surface area contributed by atoms with Gasteiger partial charge in [0.2, 0.25) is 5.88 Å². The summed E-state index contributed by atoms with van der Waals surface area (Å²) in [5.41, 5.74) is 0.139. The van der Waals surface area contributed by atoms with Crippen LogP contribution in [0, 0.1) is 6.92 Å². The van der Waals surface area contributed by atoms with Gasteiger partial charge in [-0.2, -0.15) is 0 Å². The Morgan fingerprint density at radius 3 is 2.69 bits per heavy atom. The average molecular weight is 393 g/mol. The summed E-state index contributed by atoms with van der Waals surface area (Å²) in [4.78, 5) is 42.7. The predicted molar refractivity (Wildman–Crippen MR) is 109 cm³/mol. The second kappa shape index (κ2) is 8.39. The fourth-order valence-corrected chi connectivity index (χ4v) is 2.76. The van der Waals surface area contributed by atoms with E-state index in [0.717, 1.165) is 16.3 Å². The van der Waals surface area contributed by atoms with E-state index in [2.05, 4.69) is 9.98 Å². The lowest BCUT2D eigenvalue weighted by atomic mass is 10.2. The molecule has 0 aliphatic carbocycles. The third kappa shape index (κ3) is 4.16. The number of rotatable bonds is 5. The van der Waals surface area contributed by atoms with E-state index in [1.54, 1.807) is 56.3 Å². The fourth-order valence-electron chi connectivity index (χ4n) is 2.76. The van der Waals surface area contributed by atoms with Gasteiger partial charge in [0, 0.05) is 6.21 Å². The van der Waals surface area contributed by atoms with Crippen molar-refractivity contribution in [2.45, 2.75) is 13.8 Å². The number of aromatic hydroxyl groups is 1. The SMILES string of the molecule is CCOC(=O)c1cccc(N=Cc2c(O)n(-c3ccccc3C)c(=O)[nH]c2=O)c1. The number of aryl methyl sites for hydroxylation is 1.